The smallest absolute Gasteiger partial charge is 0.251 e. The predicted octanol–water partition coefficient (Wildman–Crippen LogP) is 0.563. The third kappa shape index (κ3) is 5.18. The molecule has 4 N–H and O–H groups in total. The zero-order valence-electron chi connectivity index (χ0n) is 11.6. The normalized spacial score (nSPS) is 12.9. The zero-order valence-corrected chi connectivity index (χ0v) is 12.4. The highest BCUT2D eigenvalue weighted by molar-refractivity contribution is 7.90. The number of nitrogens with two attached hydrogens (primary N) is 1. The Bertz CT molecular complexity index is 582. The quantitative estimate of drug-likeness (QED) is 0.525. The molecule has 0 heterocycles. The minimum atomic E-state index is -3.41. The largest absolute Gasteiger partial charge is 0.399 e. The molecular formula is C13H20N2O4S. The van der Waals surface area contributed by atoms with E-state index in [1.54, 1.807) is 6.92 Å². The van der Waals surface area contributed by atoms with E-state index in [0.717, 1.165) is 6.26 Å². The minimum absolute atomic E-state index is 0.0200. The van der Waals surface area contributed by atoms with Gasteiger partial charge >= 0.3 is 0 Å². The number of nitrogen functional groups attached to an aromatic ring is 1. The average molecular weight is 300 g/mol. The van der Waals surface area contributed by atoms with Gasteiger partial charge in [-0.1, -0.05) is 0 Å². The Morgan fingerprint density at radius 1 is 1.40 bits per heavy atom. The van der Waals surface area contributed by atoms with Crippen LogP contribution in [0.4, 0.5) is 5.69 Å². The topological polar surface area (TPSA) is 109 Å². The van der Waals surface area contributed by atoms with Crippen LogP contribution < -0.4 is 11.1 Å². The van der Waals surface area contributed by atoms with Gasteiger partial charge in [0.05, 0.1) is 11.0 Å². The standard InChI is InChI=1S/C13H20N2O4S/c1-9(16)4-3-5-15-13(17)10-6-11(14)8-12(7-10)20(2,18)19/h6-9,16H,3-5,14H2,1-2H3,(H,15,17). The molecule has 1 aromatic carbocycles. The molecule has 0 fully saturated rings. The Labute approximate surface area is 118 Å². The van der Waals surface area contributed by atoms with Crippen molar-refractivity contribution in [3.63, 3.8) is 0 Å². The summed E-state index contributed by atoms with van der Waals surface area (Å²) in [4.78, 5) is 11.9. The molecule has 1 atom stereocenters. The van der Waals surface area contributed by atoms with Crippen LogP contribution in [-0.4, -0.2) is 38.3 Å². The van der Waals surface area contributed by atoms with Crippen molar-refractivity contribution in [1.29, 1.82) is 0 Å². The first-order valence-electron chi connectivity index (χ1n) is 6.27. The maximum absolute atomic E-state index is 11.9. The molecule has 0 aliphatic heterocycles. The lowest BCUT2D eigenvalue weighted by Gasteiger charge is -2.08. The highest BCUT2D eigenvalue weighted by Gasteiger charge is 2.13. The van der Waals surface area contributed by atoms with Gasteiger partial charge in [-0.15, -0.1) is 0 Å². The summed E-state index contributed by atoms with van der Waals surface area (Å²) in [6.07, 6.45) is 1.89. The van der Waals surface area contributed by atoms with Gasteiger partial charge < -0.3 is 16.2 Å². The molecule has 7 heteroatoms. The second kappa shape index (κ2) is 6.71. The molecule has 0 saturated heterocycles. The van der Waals surface area contributed by atoms with E-state index in [1.807, 2.05) is 0 Å². The number of carbonyl (C=O) groups excluding carboxylic acids is 1. The molecule has 0 bridgehead atoms. The number of benzene rings is 1. The van der Waals surface area contributed by atoms with Crippen molar-refractivity contribution in [3.8, 4) is 0 Å². The van der Waals surface area contributed by atoms with Crippen molar-refractivity contribution in [1.82, 2.24) is 5.32 Å². The number of nitrogens with one attached hydrogen (secondary N) is 1. The number of amides is 1. The second-order valence-electron chi connectivity index (χ2n) is 4.81. The van der Waals surface area contributed by atoms with Gasteiger partial charge in [0.1, 0.15) is 0 Å². The molecule has 0 radical (unpaired) electrons. The van der Waals surface area contributed by atoms with Crippen molar-refractivity contribution >= 4 is 21.4 Å². The fourth-order valence-corrected chi connectivity index (χ4v) is 2.36. The molecule has 0 saturated carbocycles. The van der Waals surface area contributed by atoms with Crippen LogP contribution in [0.1, 0.15) is 30.1 Å². The number of sulfone groups is 1. The van der Waals surface area contributed by atoms with Crippen LogP contribution in [0, 0.1) is 0 Å². The van der Waals surface area contributed by atoms with Crippen LogP contribution in [0.2, 0.25) is 0 Å². The highest BCUT2D eigenvalue weighted by atomic mass is 32.2. The molecule has 20 heavy (non-hydrogen) atoms. The lowest BCUT2D eigenvalue weighted by Crippen LogP contribution is -2.25. The van der Waals surface area contributed by atoms with Gasteiger partial charge in [0.2, 0.25) is 0 Å². The summed E-state index contributed by atoms with van der Waals surface area (Å²) >= 11 is 0. The fourth-order valence-electron chi connectivity index (χ4n) is 1.67. The van der Waals surface area contributed by atoms with Crippen molar-refractivity contribution in [2.75, 3.05) is 18.5 Å². The Morgan fingerprint density at radius 3 is 2.60 bits per heavy atom. The molecule has 6 nitrogen and oxygen atoms in total. The molecular weight excluding hydrogens is 280 g/mol. The van der Waals surface area contributed by atoms with Gasteiger partial charge in [-0.25, -0.2) is 8.42 Å². The molecule has 0 spiro atoms. The van der Waals surface area contributed by atoms with Crippen molar-refractivity contribution in [2.45, 2.75) is 30.8 Å². The van der Waals surface area contributed by atoms with Gasteiger partial charge in [0.15, 0.2) is 9.84 Å². The number of hydrogen-bond acceptors (Lipinski definition) is 5. The highest BCUT2D eigenvalue weighted by Crippen LogP contribution is 2.16. The minimum Gasteiger partial charge on any atom is -0.399 e. The Hall–Kier alpha value is -1.60. The number of aliphatic hydroxyl groups excluding tert-OH is 1. The lowest BCUT2D eigenvalue weighted by atomic mass is 10.2. The first-order chi connectivity index (χ1) is 9.20. The third-order valence-electron chi connectivity index (χ3n) is 2.70. The first kappa shape index (κ1) is 16.5. The molecule has 112 valence electrons. The number of anilines is 1. The Balaban J connectivity index is 2.76. The first-order valence-corrected chi connectivity index (χ1v) is 8.16. The number of aliphatic hydroxyl groups is 1. The number of hydrogen-bond donors (Lipinski definition) is 3. The van der Waals surface area contributed by atoms with E-state index >= 15 is 0 Å². The van der Waals surface area contributed by atoms with Crippen LogP contribution in [0.15, 0.2) is 23.1 Å². The number of rotatable bonds is 6. The Morgan fingerprint density at radius 2 is 2.05 bits per heavy atom. The summed E-state index contributed by atoms with van der Waals surface area (Å²) in [6, 6.07) is 4.05. The molecule has 1 rings (SSSR count). The van der Waals surface area contributed by atoms with Crippen LogP contribution in [-0.2, 0) is 9.84 Å². The van der Waals surface area contributed by atoms with Gasteiger partial charge in [-0.2, -0.15) is 0 Å². The summed E-state index contributed by atoms with van der Waals surface area (Å²) in [6.45, 7) is 2.09. The summed E-state index contributed by atoms with van der Waals surface area (Å²) in [5.41, 5.74) is 6.05. The molecule has 0 aliphatic rings. The van der Waals surface area contributed by atoms with Crippen molar-refractivity contribution in [3.05, 3.63) is 23.8 Å². The maximum Gasteiger partial charge on any atom is 0.251 e. The van der Waals surface area contributed by atoms with Gasteiger partial charge in [-0.05, 0) is 38.0 Å². The fraction of sp³-hybridized carbons (Fsp3) is 0.462. The average Bonchev–Trinajstić information content (AvgIpc) is 2.32. The molecule has 1 amide bonds. The second-order valence-corrected chi connectivity index (χ2v) is 6.83. The van der Waals surface area contributed by atoms with Crippen molar-refractivity contribution in [2.24, 2.45) is 0 Å². The van der Waals surface area contributed by atoms with E-state index in [4.69, 9.17) is 10.8 Å². The SMILES string of the molecule is CC(O)CCCNC(=O)c1cc(N)cc(S(C)(=O)=O)c1. The molecule has 1 aromatic rings. The molecule has 0 aromatic heterocycles. The van der Waals surface area contributed by atoms with Crippen molar-refractivity contribution < 1.29 is 18.3 Å². The van der Waals surface area contributed by atoms with Crippen LogP contribution in [0.25, 0.3) is 0 Å². The van der Waals surface area contributed by atoms with Gasteiger partial charge in [0.25, 0.3) is 5.91 Å². The Kier molecular flexibility index (Phi) is 5.52. The summed E-state index contributed by atoms with van der Waals surface area (Å²) < 4.78 is 23.0. The third-order valence-corrected chi connectivity index (χ3v) is 3.80. The molecule has 1 unspecified atom stereocenters. The lowest BCUT2D eigenvalue weighted by molar-refractivity contribution is 0.0949. The zero-order chi connectivity index (χ0) is 15.3. The summed E-state index contributed by atoms with van der Waals surface area (Å²) in [7, 11) is -3.41. The van der Waals surface area contributed by atoms with E-state index in [9.17, 15) is 13.2 Å². The van der Waals surface area contributed by atoms with E-state index < -0.39 is 15.9 Å². The van der Waals surface area contributed by atoms with E-state index in [-0.39, 0.29) is 22.1 Å². The van der Waals surface area contributed by atoms with Gasteiger partial charge in [-0.3, -0.25) is 4.79 Å². The monoisotopic (exact) mass is 300 g/mol. The van der Waals surface area contributed by atoms with E-state index in [1.165, 1.54) is 18.2 Å². The molecule has 0 aliphatic carbocycles. The van der Waals surface area contributed by atoms with Crippen LogP contribution >= 0.6 is 0 Å². The summed E-state index contributed by atoms with van der Waals surface area (Å²) in [5.74, 6) is -0.382. The van der Waals surface area contributed by atoms with E-state index in [2.05, 4.69) is 5.32 Å². The van der Waals surface area contributed by atoms with Crippen LogP contribution in [0.5, 0.6) is 0 Å². The van der Waals surface area contributed by atoms with Gasteiger partial charge in [0, 0.05) is 24.1 Å². The predicted molar refractivity (Wildman–Crippen MR) is 77.2 cm³/mol. The van der Waals surface area contributed by atoms with Crippen LogP contribution in [0.3, 0.4) is 0 Å². The number of carbonyl (C=O) groups is 1. The summed E-state index contributed by atoms with van der Waals surface area (Å²) in [5, 5.41) is 11.8. The van der Waals surface area contributed by atoms with E-state index in [0.29, 0.717) is 19.4 Å². The maximum atomic E-state index is 11.9.